The van der Waals surface area contributed by atoms with Gasteiger partial charge in [0.25, 0.3) is 10.1 Å². The van der Waals surface area contributed by atoms with Gasteiger partial charge in [-0.2, -0.15) is 8.42 Å². The molecule has 3 aliphatic rings. The molecule has 0 amide bonds. The first-order valence-corrected chi connectivity index (χ1v) is 31.4. The van der Waals surface area contributed by atoms with Crippen molar-refractivity contribution >= 4 is 44.6 Å². The van der Waals surface area contributed by atoms with Crippen LogP contribution < -0.4 is 16.1 Å². The van der Waals surface area contributed by atoms with E-state index in [1.165, 1.54) is 18.6 Å². The molecule has 5 rings (SSSR count). The molecule has 0 bridgehead atoms. The van der Waals surface area contributed by atoms with E-state index in [4.69, 9.17) is 37.4 Å². The van der Waals surface area contributed by atoms with Gasteiger partial charge in [0.1, 0.15) is 41.7 Å². The van der Waals surface area contributed by atoms with Crippen molar-refractivity contribution in [2.24, 2.45) is 28.8 Å². The normalized spacial score (nSPS) is 35.3. The van der Waals surface area contributed by atoms with Crippen LogP contribution in [0.5, 0.6) is 0 Å². The molecule has 0 radical (unpaired) electrons. The van der Waals surface area contributed by atoms with Crippen molar-refractivity contribution in [3.63, 3.8) is 0 Å². The molecule has 7 N–H and O–H groups in total. The summed E-state index contributed by atoms with van der Waals surface area (Å²) in [6.45, 7) is 25.1. The highest BCUT2D eigenvalue weighted by atomic mass is 32.2. The van der Waals surface area contributed by atoms with Gasteiger partial charge in [-0.05, 0) is 101 Å². The number of cyclic esters (lactones) is 1. The zero-order valence-corrected chi connectivity index (χ0v) is 53.4. The summed E-state index contributed by atoms with van der Waals surface area (Å²) < 4.78 is 88.6. The van der Waals surface area contributed by atoms with Crippen LogP contribution in [0.15, 0.2) is 22.2 Å². The molecule has 2 aromatic heterocycles. The number of aromatic carboxylic acids is 1. The van der Waals surface area contributed by atoms with Crippen molar-refractivity contribution in [3.05, 3.63) is 33.9 Å². The van der Waals surface area contributed by atoms with Crippen LogP contribution in [0.25, 0.3) is 11.0 Å². The number of nitrogens with one attached hydrogen (secondary N) is 2. The molecule has 486 valence electrons. The summed E-state index contributed by atoms with van der Waals surface area (Å²) in [4.78, 5) is 53.4. The number of aryl methyl sites for hydroxylation is 1. The van der Waals surface area contributed by atoms with Gasteiger partial charge in [0, 0.05) is 76.2 Å². The monoisotopic (exact) mass is 1230 g/mol. The third-order valence-corrected chi connectivity index (χ3v) is 18.5. The number of carbonyl (C=O) groups excluding carboxylic acids is 1. The highest BCUT2D eigenvalue weighted by molar-refractivity contribution is 7.86. The third kappa shape index (κ3) is 17.4. The van der Waals surface area contributed by atoms with E-state index in [2.05, 4.69) is 25.7 Å². The molecule has 0 unspecified atom stereocenters. The second-order valence-corrected chi connectivity index (χ2v) is 25.8. The Hall–Kier alpha value is -4.07. The van der Waals surface area contributed by atoms with Gasteiger partial charge in [0.15, 0.2) is 24.2 Å². The number of oxime groups is 1. The average molecular weight is 1230 g/mol. The zero-order valence-electron chi connectivity index (χ0n) is 52.6. The summed E-state index contributed by atoms with van der Waals surface area (Å²) in [5.41, 5.74) is -6.28. The van der Waals surface area contributed by atoms with Gasteiger partial charge in [-0.15, -0.1) is 0 Å². The molecule has 18 atom stereocenters. The fourth-order valence-electron chi connectivity index (χ4n) is 12.2. The molecule has 3 aliphatic heterocycles. The van der Waals surface area contributed by atoms with Crippen LogP contribution in [0.1, 0.15) is 126 Å². The fraction of sp³-hybridized carbons (Fsp3) is 0.810. The summed E-state index contributed by atoms with van der Waals surface area (Å²) in [5, 5.41) is 69.0. The van der Waals surface area contributed by atoms with Crippen molar-refractivity contribution in [2.45, 2.75) is 206 Å². The highest BCUT2D eigenvalue weighted by Crippen LogP contribution is 2.42. The second kappa shape index (κ2) is 30.4. The van der Waals surface area contributed by atoms with E-state index in [-0.39, 0.29) is 75.0 Å². The topological polar surface area (TPSA) is 321 Å². The Labute approximate surface area is 500 Å². The number of hydrogen-bond donors (Lipinski definition) is 7. The maximum Gasteiger partial charge on any atom is 0.341 e. The molecule has 2 aromatic rings. The minimum absolute atomic E-state index is 0.0771. The van der Waals surface area contributed by atoms with E-state index in [1.54, 1.807) is 55.4 Å². The first kappa shape index (κ1) is 71.7. The summed E-state index contributed by atoms with van der Waals surface area (Å²) in [6.07, 6.45) is -10.2. The predicted molar refractivity (Wildman–Crippen MR) is 315 cm³/mol. The minimum atomic E-state index is -4.31. The molecule has 3 saturated heterocycles. The van der Waals surface area contributed by atoms with Gasteiger partial charge in [-0.3, -0.25) is 13.8 Å². The van der Waals surface area contributed by atoms with Crippen molar-refractivity contribution in [1.82, 2.24) is 24.7 Å². The molecular formula is C58H98FN7O18S. The highest BCUT2D eigenvalue weighted by Gasteiger charge is 2.54. The lowest BCUT2D eigenvalue weighted by molar-refractivity contribution is -0.316. The molecule has 0 aromatic carbocycles. The van der Waals surface area contributed by atoms with E-state index < -0.39 is 146 Å². The van der Waals surface area contributed by atoms with Crippen LogP contribution in [0.2, 0.25) is 0 Å². The number of aromatic nitrogens is 2. The Bertz CT molecular complexity index is 2730. The van der Waals surface area contributed by atoms with Crippen LogP contribution in [0.4, 0.5) is 10.2 Å². The van der Waals surface area contributed by atoms with Crippen LogP contribution in [0.3, 0.4) is 0 Å². The SMILES string of the molecule is CC[C@H]1OC(=O)[C@H](C)[C@@H](O[C@H]2C[C@@](C)(OC)[C@@H](OS(=O)(=O)CCNCCNc3nc4c(cc3F)c(=O)c(C(=O)O)cn4CC)[C@H](C)O2)[C@H](C)[C@@H](O[C@@H]2O[C@H](C)C[C@H](N(C)C)[C@H]2O)[C@](C)(O)C[C@H](C)C(=NOCCN(CC)CC)[C@@H](C)[C@H](O)[C@@]1(C)O. The minimum Gasteiger partial charge on any atom is -0.477 e. The smallest absolute Gasteiger partial charge is 0.341 e. The second-order valence-electron chi connectivity index (χ2n) is 24.1. The Balaban J connectivity index is 1.41. The Kier molecular flexibility index (Phi) is 25.7. The number of likely N-dealkylation sites (N-methyl/N-ethyl adjacent to an activating group) is 2. The number of nitrogens with zero attached hydrogens (tertiary/aromatic N) is 5. The van der Waals surface area contributed by atoms with Crippen molar-refractivity contribution in [1.29, 1.82) is 0 Å². The van der Waals surface area contributed by atoms with Gasteiger partial charge in [-0.1, -0.05) is 46.7 Å². The molecule has 5 heterocycles. The lowest BCUT2D eigenvalue weighted by Gasteiger charge is -2.49. The lowest BCUT2D eigenvalue weighted by atomic mass is 9.73. The number of hydrogen-bond acceptors (Lipinski definition) is 23. The first-order valence-electron chi connectivity index (χ1n) is 29.8. The van der Waals surface area contributed by atoms with Crippen LogP contribution in [-0.4, -0.2) is 228 Å². The van der Waals surface area contributed by atoms with Gasteiger partial charge >= 0.3 is 11.9 Å². The third-order valence-electron chi connectivity index (χ3n) is 17.3. The van der Waals surface area contributed by atoms with Gasteiger partial charge in [-0.25, -0.2) is 14.2 Å². The van der Waals surface area contributed by atoms with Crippen molar-refractivity contribution in [3.8, 4) is 0 Å². The van der Waals surface area contributed by atoms with E-state index >= 15 is 4.39 Å². The quantitative estimate of drug-likeness (QED) is 0.0342. The summed E-state index contributed by atoms with van der Waals surface area (Å²) in [5.74, 6) is -7.59. The fourth-order valence-corrected chi connectivity index (χ4v) is 13.4. The molecule has 0 saturated carbocycles. The Morgan fingerprint density at radius 1 is 0.953 bits per heavy atom. The molecular weight excluding hydrogens is 1130 g/mol. The van der Waals surface area contributed by atoms with E-state index in [0.717, 1.165) is 25.4 Å². The van der Waals surface area contributed by atoms with Crippen LogP contribution in [0, 0.1) is 29.5 Å². The first-order chi connectivity index (χ1) is 39.7. The number of pyridine rings is 2. The Morgan fingerprint density at radius 3 is 2.22 bits per heavy atom. The molecule has 85 heavy (non-hydrogen) atoms. The molecule has 0 aliphatic carbocycles. The van der Waals surface area contributed by atoms with Gasteiger partial charge in [0.2, 0.25) is 5.43 Å². The maximum absolute atomic E-state index is 15.1. The number of anilines is 1. The summed E-state index contributed by atoms with van der Waals surface area (Å²) in [6, 6.07) is 0.528. The maximum atomic E-state index is 15.1. The molecule has 27 heteroatoms. The number of rotatable bonds is 24. The van der Waals surface area contributed by atoms with Crippen molar-refractivity contribution < 1.29 is 85.4 Å². The van der Waals surface area contributed by atoms with E-state index in [1.807, 2.05) is 46.7 Å². The number of carboxylic acids is 1. The zero-order chi connectivity index (χ0) is 63.7. The van der Waals surface area contributed by atoms with Crippen molar-refractivity contribution in [2.75, 3.05) is 78.2 Å². The van der Waals surface area contributed by atoms with Gasteiger partial charge < -0.3 is 83.8 Å². The molecule has 0 spiro atoms. The van der Waals surface area contributed by atoms with Gasteiger partial charge in [0.05, 0.1) is 64.5 Å². The number of halogens is 1. The predicted octanol–water partition coefficient (Wildman–Crippen LogP) is 3.55. The number of aliphatic hydroxyl groups excluding tert-OH is 2. The molecule has 3 fully saturated rings. The largest absolute Gasteiger partial charge is 0.477 e. The van der Waals surface area contributed by atoms with E-state index in [0.29, 0.717) is 18.7 Å². The van der Waals surface area contributed by atoms with E-state index in [9.17, 15) is 48.3 Å². The number of fused-ring (bicyclic) bond motifs is 1. The average Bonchev–Trinajstić information content (AvgIpc) is 3.45. The van der Waals surface area contributed by atoms with Crippen LogP contribution >= 0.6 is 0 Å². The summed E-state index contributed by atoms with van der Waals surface area (Å²) in [7, 11) is 0.746. The summed E-state index contributed by atoms with van der Waals surface area (Å²) >= 11 is 0. The number of ether oxygens (including phenoxy) is 6. The number of esters is 1. The number of methoxy groups -OCH3 is 1. The molecule has 25 nitrogen and oxygen atoms in total. The standard InChI is InChI=1S/C58H98FN7O18S/c1-17-42-58(13,74)48(69)34(7)44(63-78-25-24-65(18-2)19-3)32(5)29-56(11,73)49(83-55-46(68)41(64(14)15)27-33(6)79-55)35(8)47(36(9)54(72)81-42)82-43-30-57(12,77-16)50(37(10)80-43)84-85(75,76)26-23-60-21-22-61-51-40(59)28-38-45(67)39(53(70)71)31-66(20-4)52(38)62-51/h28,31-37,41-43,46-50,55,60,68-69,73-74H,17-27,29-30H2,1-16H3,(H,61,62)(H,70,71)/t32-,33+,34+,35-,36+,37-,41-,42+,43-,46+,47-,48-,49+,50-,55-,56+,57+,58-/m0/s1. The number of carboxylic acid groups (broad SMARTS) is 1. The van der Waals surface area contributed by atoms with Crippen LogP contribution in [-0.2, 0) is 58.9 Å². The number of carbonyl (C=O) groups is 2. The Morgan fingerprint density at radius 2 is 1.62 bits per heavy atom. The number of aliphatic hydroxyl groups is 4. The lowest BCUT2D eigenvalue weighted by Crippen LogP contribution is -2.61.